The van der Waals surface area contributed by atoms with Crippen molar-refractivity contribution in [1.29, 1.82) is 0 Å². The quantitative estimate of drug-likeness (QED) is 0.214. The Hall–Kier alpha value is -1.29. The Labute approximate surface area is 191 Å². The Bertz CT molecular complexity index is 657. The average Bonchev–Trinajstić information content (AvgIpc) is 3.42. The van der Waals surface area contributed by atoms with Gasteiger partial charge in [-0.2, -0.15) is 0 Å². The van der Waals surface area contributed by atoms with Crippen LogP contribution >= 0.6 is 24.0 Å². The lowest BCUT2D eigenvalue weighted by molar-refractivity contribution is 0.0925. The highest BCUT2D eigenvalue weighted by atomic mass is 127. The summed E-state index contributed by atoms with van der Waals surface area (Å²) >= 11 is 0. The lowest BCUT2D eigenvalue weighted by Crippen LogP contribution is -2.45. The molecule has 2 fully saturated rings. The Balaban J connectivity index is 0.00000300. The van der Waals surface area contributed by atoms with Gasteiger partial charge >= 0.3 is 0 Å². The van der Waals surface area contributed by atoms with Crippen LogP contribution in [0.15, 0.2) is 21.7 Å². The van der Waals surface area contributed by atoms with Gasteiger partial charge in [0.05, 0.1) is 6.26 Å². The molecule has 0 aromatic carbocycles. The molecule has 29 heavy (non-hydrogen) atoms. The molecule has 7 nitrogen and oxygen atoms in total. The number of aryl methyl sites for hydroxylation is 1. The second-order valence-corrected chi connectivity index (χ2v) is 7.87. The zero-order valence-electron chi connectivity index (χ0n) is 17.7. The lowest BCUT2D eigenvalue weighted by atomic mass is 10.2. The van der Waals surface area contributed by atoms with E-state index in [-0.39, 0.29) is 29.9 Å². The van der Waals surface area contributed by atoms with E-state index in [0.29, 0.717) is 24.9 Å². The molecule has 2 heterocycles. The van der Waals surface area contributed by atoms with Gasteiger partial charge in [0.2, 0.25) is 0 Å². The van der Waals surface area contributed by atoms with Crippen LogP contribution in [-0.2, 0) is 0 Å². The molecule has 0 spiro atoms. The number of hydrogen-bond acceptors (Lipinski definition) is 4. The van der Waals surface area contributed by atoms with Crippen LogP contribution in [0.3, 0.4) is 0 Å². The predicted molar refractivity (Wildman–Crippen MR) is 127 cm³/mol. The summed E-state index contributed by atoms with van der Waals surface area (Å²) in [6, 6.07) is 3.07. The second kappa shape index (κ2) is 12.4. The Kier molecular flexibility index (Phi) is 10.3. The number of carbonyl (C=O) groups excluding carboxylic acids is 1. The lowest BCUT2D eigenvalue weighted by Gasteiger charge is -2.24. The van der Waals surface area contributed by atoms with Crippen LogP contribution in [0.1, 0.15) is 61.6 Å². The van der Waals surface area contributed by atoms with E-state index in [1.54, 1.807) is 12.3 Å². The number of nitrogens with zero attached hydrogens (tertiary/aromatic N) is 2. The van der Waals surface area contributed by atoms with Gasteiger partial charge in [0.25, 0.3) is 5.91 Å². The van der Waals surface area contributed by atoms with Crippen molar-refractivity contribution >= 4 is 35.8 Å². The molecule has 1 amide bonds. The Morgan fingerprint density at radius 3 is 2.76 bits per heavy atom. The van der Waals surface area contributed by atoms with E-state index in [1.165, 1.54) is 38.6 Å². The van der Waals surface area contributed by atoms with Gasteiger partial charge in [-0.1, -0.05) is 12.8 Å². The first-order valence-electron chi connectivity index (χ1n) is 10.8. The summed E-state index contributed by atoms with van der Waals surface area (Å²) in [5.41, 5.74) is 0.859. The number of amides is 1. The number of halogens is 1. The highest BCUT2D eigenvalue weighted by molar-refractivity contribution is 14.0. The minimum Gasteiger partial charge on any atom is -0.459 e. The molecule has 3 N–H and O–H groups in total. The second-order valence-electron chi connectivity index (χ2n) is 7.87. The Morgan fingerprint density at radius 1 is 1.28 bits per heavy atom. The molecule has 1 saturated carbocycles. The van der Waals surface area contributed by atoms with Gasteiger partial charge in [-0.3, -0.25) is 14.7 Å². The summed E-state index contributed by atoms with van der Waals surface area (Å²) in [5, 5.41) is 9.83. The molecule has 164 valence electrons. The number of carbonyl (C=O) groups is 1. The molecule has 1 aromatic heterocycles. The normalized spacial score (nSPS) is 20.5. The van der Waals surface area contributed by atoms with Crippen LogP contribution < -0.4 is 16.0 Å². The predicted octanol–water partition coefficient (Wildman–Crippen LogP) is 2.90. The maximum absolute atomic E-state index is 12.0. The first-order valence-corrected chi connectivity index (χ1v) is 10.8. The monoisotopic (exact) mass is 517 g/mol. The molecule has 3 rings (SSSR count). The summed E-state index contributed by atoms with van der Waals surface area (Å²) in [4.78, 5) is 19.4. The molecule has 1 unspecified atom stereocenters. The number of aliphatic imine (C=N–C) groups is 1. The van der Waals surface area contributed by atoms with Crippen LogP contribution in [-0.4, -0.2) is 61.6 Å². The van der Waals surface area contributed by atoms with Gasteiger partial charge in [0.1, 0.15) is 0 Å². The maximum atomic E-state index is 12.0. The molecule has 1 atom stereocenters. The third-order valence-corrected chi connectivity index (χ3v) is 5.70. The van der Waals surface area contributed by atoms with Gasteiger partial charge in [-0.15, -0.1) is 24.0 Å². The van der Waals surface area contributed by atoms with Crippen LogP contribution in [0.5, 0.6) is 0 Å². The van der Waals surface area contributed by atoms with E-state index >= 15 is 0 Å². The summed E-state index contributed by atoms with van der Waals surface area (Å²) in [5.74, 6) is 1.12. The molecule has 0 bridgehead atoms. The van der Waals surface area contributed by atoms with E-state index in [2.05, 4.69) is 32.8 Å². The van der Waals surface area contributed by atoms with Crippen LogP contribution in [0.25, 0.3) is 0 Å². The van der Waals surface area contributed by atoms with Crippen molar-refractivity contribution in [3.05, 3.63) is 23.7 Å². The van der Waals surface area contributed by atoms with Crippen LogP contribution in [0, 0.1) is 6.92 Å². The minimum absolute atomic E-state index is 0. The SMILES string of the molecule is CCNC(=NCCCNC(=O)c1occc1C)NC1CCN(C2CCCC2)C1.I. The number of guanidine groups is 1. The van der Waals surface area contributed by atoms with Gasteiger partial charge < -0.3 is 20.4 Å². The standard InChI is InChI=1S/C21H35N5O2.HI/c1-3-22-21(25-17-9-13-26(15-17)18-7-4-5-8-18)24-12-6-11-23-20(27)19-16(2)10-14-28-19;/h10,14,17-18H,3-9,11-13,15H2,1-2H3,(H,23,27)(H2,22,24,25);1H. The van der Waals surface area contributed by atoms with Gasteiger partial charge in [0, 0.05) is 50.4 Å². The molecule has 1 aromatic rings. The number of hydrogen-bond donors (Lipinski definition) is 3. The van der Waals surface area contributed by atoms with E-state index < -0.39 is 0 Å². The fraction of sp³-hybridized carbons (Fsp3) is 0.714. The third kappa shape index (κ3) is 7.16. The molecule has 2 aliphatic rings. The molecular weight excluding hydrogens is 481 g/mol. The molecule has 1 aliphatic heterocycles. The van der Waals surface area contributed by atoms with Gasteiger partial charge in [-0.05, 0) is 45.6 Å². The number of nitrogens with one attached hydrogen (secondary N) is 3. The van der Waals surface area contributed by atoms with Crippen molar-refractivity contribution in [3.8, 4) is 0 Å². The van der Waals surface area contributed by atoms with E-state index in [9.17, 15) is 4.79 Å². The average molecular weight is 517 g/mol. The van der Waals surface area contributed by atoms with Crippen molar-refractivity contribution in [2.24, 2.45) is 4.99 Å². The first kappa shape index (κ1) is 24.0. The van der Waals surface area contributed by atoms with Crippen molar-refractivity contribution in [2.45, 2.75) is 64.5 Å². The highest BCUT2D eigenvalue weighted by Crippen LogP contribution is 2.26. The summed E-state index contributed by atoms with van der Waals surface area (Å²) in [7, 11) is 0. The summed E-state index contributed by atoms with van der Waals surface area (Å²) in [6.45, 7) is 8.37. The van der Waals surface area contributed by atoms with E-state index in [0.717, 1.165) is 37.1 Å². The van der Waals surface area contributed by atoms with Crippen molar-refractivity contribution < 1.29 is 9.21 Å². The fourth-order valence-electron chi connectivity index (χ4n) is 4.18. The largest absolute Gasteiger partial charge is 0.459 e. The zero-order valence-corrected chi connectivity index (χ0v) is 20.0. The van der Waals surface area contributed by atoms with E-state index in [4.69, 9.17) is 4.42 Å². The minimum atomic E-state index is -0.158. The van der Waals surface area contributed by atoms with Crippen molar-refractivity contribution in [1.82, 2.24) is 20.9 Å². The topological polar surface area (TPSA) is 81.9 Å². The first-order chi connectivity index (χ1) is 13.7. The smallest absolute Gasteiger partial charge is 0.287 e. The third-order valence-electron chi connectivity index (χ3n) is 5.70. The number of rotatable bonds is 8. The van der Waals surface area contributed by atoms with E-state index in [1.807, 2.05) is 6.92 Å². The number of likely N-dealkylation sites (tertiary alicyclic amines) is 1. The molecule has 8 heteroatoms. The molecular formula is C21H36IN5O2. The maximum Gasteiger partial charge on any atom is 0.287 e. The Morgan fingerprint density at radius 2 is 2.07 bits per heavy atom. The molecule has 1 aliphatic carbocycles. The van der Waals surface area contributed by atoms with Crippen molar-refractivity contribution in [3.63, 3.8) is 0 Å². The molecule has 1 saturated heterocycles. The fourth-order valence-corrected chi connectivity index (χ4v) is 4.18. The zero-order chi connectivity index (χ0) is 19.8. The summed E-state index contributed by atoms with van der Waals surface area (Å²) < 4.78 is 5.21. The summed E-state index contributed by atoms with van der Waals surface area (Å²) in [6.07, 6.45) is 9.02. The van der Waals surface area contributed by atoms with Crippen LogP contribution in [0.2, 0.25) is 0 Å². The molecule has 0 radical (unpaired) electrons. The van der Waals surface area contributed by atoms with Gasteiger partial charge in [-0.25, -0.2) is 0 Å². The van der Waals surface area contributed by atoms with Crippen molar-refractivity contribution in [2.75, 3.05) is 32.7 Å². The van der Waals surface area contributed by atoms with Gasteiger partial charge in [0.15, 0.2) is 11.7 Å². The number of furan rings is 1. The highest BCUT2D eigenvalue weighted by Gasteiger charge is 2.30. The van der Waals surface area contributed by atoms with Crippen LogP contribution in [0.4, 0.5) is 0 Å².